The van der Waals surface area contributed by atoms with Gasteiger partial charge in [-0.2, -0.15) is 0 Å². The average Bonchev–Trinajstić information content (AvgIpc) is 2.17. The molecule has 0 unspecified atom stereocenters. The van der Waals surface area contributed by atoms with Crippen molar-refractivity contribution in [1.29, 1.82) is 0 Å². The number of carboxylic acid groups (broad SMARTS) is 1. The van der Waals surface area contributed by atoms with Gasteiger partial charge in [0.1, 0.15) is 6.61 Å². The van der Waals surface area contributed by atoms with Crippen molar-refractivity contribution >= 4 is 12.0 Å². The van der Waals surface area contributed by atoms with E-state index in [1.165, 1.54) is 6.20 Å². The fourth-order valence-electron chi connectivity index (χ4n) is 1.13. The second kappa shape index (κ2) is 2.90. The SMILES string of the molecule is O=C(O)c1cnc2c(c1)C=CCO2. The second-order valence-corrected chi connectivity index (χ2v) is 2.64. The smallest absolute Gasteiger partial charge is 0.337 e. The van der Waals surface area contributed by atoms with Crippen molar-refractivity contribution in [3.05, 3.63) is 29.5 Å². The molecule has 13 heavy (non-hydrogen) atoms. The fourth-order valence-corrected chi connectivity index (χ4v) is 1.13. The van der Waals surface area contributed by atoms with Crippen LogP contribution in [-0.4, -0.2) is 22.7 Å². The monoisotopic (exact) mass is 177 g/mol. The molecule has 0 aliphatic carbocycles. The van der Waals surface area contributed by atoms with Crippen LogP contribution in [0.1, 0.15) is 15.9 Å². The van der Waals surface area contributed by atoms with Crippen LogP contribution in [0.3, 0.4) is 0 Å². The molecule has 0 radical (unpaired) electrons. The number of aromatic carboxylic acids is 1. The number of pyridine rings is 1. The van der Waals surface area contributed by atoms with Crippen LogP contribution in [0.5, 0.6) is 5.88 Å². The van der Waals surface area contributed by atoms with E-state index in [0.29, 0.717) is 18.1 Å². The number of nitrogens with zero attached hydrogens (tertiary/aromatic N) is 1. The Kier molecular flexibility index (Phi) is 1.73. The normalized spacial score (nSPS) is 13.2. The summed E-state index contributed by atoms with van der Waals surface area (Å²) in [5, 5.41) is 8.68. The molecule has 0 fully saturated rings. The molecule has 1 aromatic rings. The highest BCUT2D eigenvalue weighted by Crippen LogP contribution is 2.21. The van der Waals surface area contributed by atoms with E-state index < -0.39 is 5.97 Å². The Labute approximate surface area is 74.5 Å². The first-order chi connectivity index (χ1) is 6.27. The van der Waals surface area contributed by atoms with E-state index in [2.05, 4.69) is 4.98 Å². The highest BCUT2D eigenvalue weighted by atomic mass is 16.5. The number of fused-ring (bicyclic) bond motifs is 1. The summed E-state index contributed by atoms with van der Waals surface area (Å²) < 4.78 is 5.17. The van der Waals surface area contributed by atoms with Gasteiger partial charge in [0.05, 0.1) is 5.56 Å². The molecule has 0 spiro atoms. The van der Waals surface area contributed by atoms with Gasteiger partial charge in [-0.3, -0.25) is 0 Å². The summed E-state index contributed by atoms with van der Waals surface area (Å²) in [4.78, 5) is 14.5. The van der Waals surface area contributed by atoms with Crippen LogP contribution in [-0.2, 0) is 0 Å². The first kappa shape index (κ1) is 7.79. The van der Waals surface area contributed by atoms with Gasteiger partial charge < -0.3 is 9.84 Å². The maximum Gasteiger partial charge on any atom is 0.337 e. The van der Waals surface area contributed by atoms with Crippen LogP contribution in [0.15, 0.2) is 18.3 Å². The number of aromatic nitrogens is 1. The molecule has 1 aliphatic rings. The molecule has 4 heteroatoms. The van der Waals surface area contributed by atoms with E-state index in [4.69, 9.17) is 9.84 Å². The van der Waals surface area contributed by atoms with Crippen molar-refractivity contribution in [3.8, 4) is 5.88 Å². The Bertz CT molecular complexity index is 384. The lowest BCUT2D eigenvalue weighted by atomic mass is 10.1. The summed E-state index contributed by atoms with van der Waals surface area (Å²) >= 11 is 0. The minimum absolute atomic E-state index is 0.175. The van der Waals surface area contributed by atoms with Gasteiger partial charge in [-0.1, -0.05) is 6.08 Å². The van der Waals surface area contributed by atoms with Gasteiger partial charge in [-0.15, -0.1) is 0 Å². The molecule has 1 aliphatic heterocycles. The molecule has 0 bridgehead atoms. The van der Waals surface area contributed by atoms with Crippen LogP contribution >= 0.6 is 0 Å². The summed E-state index contributed by atoms with van der Waals surface area (Å²) in [5.41, 5.74) is 0.889. The average molecular weight is 177 g/mol. The number of carbonyl (C=O) groups is 1. The van der Waals surface area contributed by atoms with Crippen molar-refractivity contribution in [1.82, 2.24) is 4.98 Å². The summed E-state index contributed by atoms with van der Waals surface area (Å²) in [6.45, 7) is 0.492. The van der Waals surface area contributed by atoms with Crippen molar-refractivity contribution in [2.24, 2.45) is 0 Å². The van der Waals surface area contributed by atoms with Crippen LogP contribution in [0.2, 0.25) is 0 Å². The zero-order valence-electron chi connectivity index (χ0n) is 6.73. The lowest BCUT2D eigenvalue weighted by molar-refractivity contribution is 0.0696. The Morgan fingerprint density at radius 3 is 3.23 bits per heavy atom. The third-order valence-corrected chi connectivity index (χ3v) is 1.74. The van der Waals surface area contributed by atoms with Crippen LogP contribution in [0.25, 0.3) is 6.08 Å². The molecular weight excluding hydrogens is 170 g/mol. The predicted molar refractivity (Wildman–Crippen MR) is 45.7 cm³/mol. The Morgan fingerprint density at radius 2 is 2.46 bits per heavy atom. The van der Waals surface area contributed by atoms with Crippen molar-refractivity contribution in [3.63, 3.8) is 0 Å². The van der Waals surface area contributed by atoms with Gasteiger partial charge in [0.15, 0.2) is 0 Å². The third kappa shape index (κ3) is 1.38. The van der Waals surface area contributed by atoms with Gasteiger partial charge in [-0.05, 0) is 12.1 Å². The number of hydrogen-bond acceptors (Lipinski definition) is 3. The molecular formula is C9H7NO3. The number of hydrogen-bond donors (Lipinski definition) is 1. The largest absolute Gasteiger partial charge is 0.478 e. The number of rotatable bonds is 1. The molecule has 2 rings (SSSR count). The highest BCUT2D eigenvalue weighted by Gasteiger charge is 2.10. The van der Waals surface area contributed by atoms with Gasteiger partial charge in [0.2, 0.25) is 5.88 Å². The lowest BCUT2D eigenvalue weighted by Crippen LogP contribution is -2.05. The number of carboxylic acids is 1. The molecule has 0 saturated heterocycles. The zero-order valence-corrected chi connectivity index (χ0v) is 6.73. The molecule has 1 aromatic heterocycles. The van der Waals surface area contributed by atoms with E-state index >= 15 is 0 Å². The van der Waals surface area contributed by atoms with E-state index in [0.717, 1.165) is 0 Å². The molecule has 4 nitrogen and oxygen atoms in total. The molecule has 0 amide bonds. The Morgan fingerprint density at radius 1 is 1.62 bits per heavy atom. The minimum Gasteiger partial charge on any atom is -0.478 e. The maximum absolute atomic E-state index is 10.6. The fraction of sp³-hybridized carbons (Fsp3) is 0.111. The summed E-state index contributed by atoms with van der Waals surface area (Å²) in [5.74, 6) is -0.484. The molecule has 0 aromatic carbocycles. The first-order valence-electron chi connectivity index (χ1n) is 3.80. The van der Waals surface area contributed by atoms with E-state index in [9.17, 15) is 4.79 Å². The topological polar surface area (TPSA) is 59.4 Å². The minimum atomic E-state index is -0.978. The van der Waals surface area contributed by atoms with Gasteiger partial charge in [0, 0.05) is 11.8 Å². The first-order valence-corrected chi connectivity index (χ1v) is 3.80. The van der Waals surface area contributed by atoms with E-state index in [1.807, 2.05) is 6.08 Å². The van der Waals surface area contributed by atoms with Crippen LogP contribution in [0.4, 0.5) is 0 Å². The quantitative estimate of drug-likeness (QED) is 0.699. The van der Waals surface area contributed by atoms with Crippen LogP contribution in [0, 0.1) is 0 Å². The predicted octanol–water partition coefficient (Wildman–Crippen LogP) is 1.19. The van der Waals surface area contributed by atoms with Crippen molar-refractivity contribution in [2.45, 2.75) is 0 Å². The summed E-state index contributed by atoms with van der Waals surface area (Å²) in [6, 6.07) is 1.54. The van der Waals surface area contributed by atoms with E-state index in [1.54, 1.807) is 12.1 Å². The summed E-state index contributed by atoms with van der Waals surface area (Å²) in [6.07, 6.45) is 4.91. The summed E-state index contributed by atoms with van der Waals surface area (Å²) in [7, 11) is 0. The second-order valence-electron chi connectivity index (χ2n) is 2.64. The van der Waals surface area contributed by atoms with E-state index in [-0.39, 0.29) is 5.56 Å². The Balaban J connectivity index is 2.48. The molecule has 66 valence electrons. The highest BCUT2D eigenvalue weighted by molar-refractivity contribution is 5.88. The van der Waals surface area contributed by atoms with Gasteiger partial charge >= 0.3 is 5.97 Å². The molecule has 2 heterocycles. The van der Waals surface area contributed by atoms with Gasteiger partial charge in [0.25, 0.3) is 0 Å². The molecule has 0 saturated carbocycles. The molecule has 0 atom stereocenters. The standard InChI is InChI=1S/C9H7NO3/c11-9(12)7-4-6-2-1-3-13-8(6)10-5-7/h1-2,4-5H,3H2,(H,11,12). The van der Waals surface area contributed by atoms with Gasteiger partial charge in [-0.25, -0.2) is 9.78 Å². The lowest BCUT2D eigenvalue weighted by Gasteiger charge is -2.10. The number of ether oxygens (including phenoxy) is 1. The Hall–Kier alpha value is -1.84. The third-order valence-electron chi connectivity index (χ3n) is 1.74. The molecule has 1 N–H and O–H groups in total. The zero-order chi connectivity index (χ0) is 9.26. The maximum atomic E-state index is 10.6. The van der Waals surface area contributed by atoms with Crippen molar-refractivity contribution in [2.75, 3.05) is 6.61 Å². The van der Waals surface area contributed by atoms with Crippen LogP contribution < -0.4 is 4.74 Å². The van der Waals surface area contributed by atoms with Crippen molar-refractivity contribution < 1.29 is 14.6 Å².